The number of benzene rings is 1. The van der Waals surface area contributed by atoms with Crippen LogP contribution >= 0.6 is 0 Å². The second-order valence-electron chi connectivity index (χ2n) is 5.17. The summed E-state index contributed by atoms with van der Waals surface area (Å²) < 4.78 is 5.20. The van der Waals surface area contributed by atoms with Crippen LogP contribution in [0, 0.1) is 5.92 Å². The van der Waals surface area contributed by atoms with E-state index < -0.39 is 12.0 Å². The molecule has 1 aromatic heterocycles. The summed E-state index contributed by atoms with van der Waals surface area (Å²) in [5.41, 5.74) is 1.12. The highest BCUT2D eigenvalue weighted by molar-refractivity contribution is 5.99. The SMILES string of the molecule is CC(C)CC(NC(=O)c1ccc2occc2c1)C(=O)O. The van der Waals surface area contributed by atoms with Crippen LogP contribution in [-0.4, -0.2) is 23.0 Å². The number of fused-ring (bicyclic) bond motifs is 1. The van der Waals surface area contributed by atoms with E-state index in [2.05, 4.69) is 5.32 Å². The van der Waals surface area contributed by atoms with E-state index in [1.165, 1.54) is 0 Å². The van der Waals surface area contributed by atoms with Crippen molar-refractivity contribution in [2.75, 3.05) is 0 Å². The lowest BCUT2D eigenvalue weighted by Crippen LogP contribution is -2.41. The van der Waals surface area contributed by atoms with Crippen molar-refractivity contribution < 1.29 is 19.1 Å². The zero-order valence-electron chi connectivity index (χ0n) is 11.4. The fraction of sp³-hybridized carbons (Fsp3) is 0.333. The Hall–Kier alpha value is -2.30. The van der Waals surface area contributed by atoms with Gasteiger partial charge in [0.2, 0.25) is 0 Å². The van der Waals surface area contributed by atoms with Gasteiger partial charge in [-0.2, -0.15) is 0 Å². The molecule has 0 saturated carbocycles. The Morgan fingerprint density at radius 3 is 2.70 bits per heavy atom. The maximum absolute atomic E-state index is 12.1. The molecule has 2 N–H and O–H groups in total. The molecular weight excluding hydrogens is 258 g/mol. The highest BCUT2D eigenvalue weighted by Gasteiger charge is 2.21. The molecule has 5 nitrogen and oxygen atoms in total. The van der Waals surface area contributed by atoms with E-state index in [1.54, 1.807) is 30.5 Å². The zero-order valence-corrected chi connectivity index (χ0v) is 11.4. The lowest BCUT2D eigenvalue weighted by molar-refractivity contribution is -0.139. The molecule has 0 spiro atoms. The average Bonchev–Trinajstić information content (AvgIpc) is 2.84. The third kappa shape index (κ3) is 3.17. The molecule has 2 rings (SSSR count). The molecule has 5 heteroatoms. The van der Waals surface area contributed by atoms with Crippen LogP contribution in [0.15, 0.2) is 34.9 Å². The number of carboxylic acid groups (broad SMARTS) is 1. The highest BCUT2D eigenvalue weighted by atomic mass is 16.4. The Morgan fingerprint density at radius 2 is 2.05 bits per heavy atom. The molecule has 1 atom stereocenters. The number of hydrogen-bond acceptors (Lipinski definition) is 3. The first-order chi connectivity index (χ1) is 9.47. The Bertz CT molecular complexity index is 630. The number of hydrogen-bond donors (Lipinski definition) is 2. The van der Waals surface area contributed by atoms with Crippen molar-refractivity contribution >= 4 is 22.8 Å². The number of rotatable bonds is 5. The van der Waals surface area contributed by atoms with Gasteiger partial charge in [-0.15, -0.1) is 0 Å². The number of carbonyl (C=O) groups excluding carboxylic acids is 1. The van der Waals surface area contributed by atoms with Crippen LogP contribution < -0.4 is 5.32 Å². The average molecular weight is 275 g/mol. The van der Waals surface area contributed by atoms with Gasteiger partial charge in [-0.25, -0.2) is 4.79 Å². The molecular formula is C15H17NO4. The summed E-state index contributed by atoms with van der Waals surface area (Å²) >= 11 is 0. The van der Waals surface area contributed by atoms with Crippen molar-refractivity contribution in [1.82, 2.24) is 5.32 Å². The Balaban J connectivity index is 2.15. The lowest BCUT2D eigenvalue weighted by atomic mass is 10.0. The van der Waals surface area contributed by atoms with Crippen LogP contribution in [0.2, 0.25) is 0 Å². The number of amides is 1. The van der Waals surface area contributed by atoms with Crippen molar-refractivity contribution in [1.29, 1.82) is 0 Å². The molecule has 1 amide bonds. The standard InChI is InChI=1S/C15H17NO4/c1-9(2)7-12(15(18)19)16-14(17)11-3-4-13-10(8-11)5-6-20-13/h3-6,8-9,12H,7H2,1-2H3,(H,16,17)(H,18,19). The number of carboxylic acids is 1. The molecule has 0 aliphatic heterocycles. The van der Waals surface area contributed by atoms with Gasteiger partial charge in [-0.1, -0.05) is 13.8 Å². The summed E-state index contributed by atoms with van der Waals surface area (Å²) in [7, 11) is 0. The van der Waals surface area contributed by atoms with Gasteiger partial charge in [0.05, 0.1) is 6.26 Å². The van der Waals surface area contributed by atoms with E-state index >= 15 is 0 Å². The number of aliphatic carboxylic acids is 1. The molecule has 0 bridgehead atoms. The van der Waals surface area contributed by atoms with Gasteiger partial charge in [-0.3, -0.25) is 4.79 Å². The lowest BCUT2D eigenvalue weighted by Gasteiger charge is -2.16. The maximum atomic E-state index is 12.1. The molecule has 0 aliphatic rings. The Labute approximate surface area is 116 Å². The smallest absolute Gasteiger partial charge is 0.326 e. The maximum Gasteiger partial charge on any atom is 0.326 e. The van der Waals surface area contributed by atoms with Crippen LogP contribution in [0.4, 0.5) is 0 Å². The zero-order chi connectivity index (χ0) is 14.7. The van der Waals surface area contributed by atoms with Crippen molar-refractivity contribution in [3.8, 4) is 0 Å². The summed E-state index contributed by atoms with van der Waals surface area (Å²) in [5, 5.41) is 12.5. The second-order valence-corrected chi connectivity index (χ2v) is 5.17. The third-order valence-electron chi connectivity index (χ3n) is 3.03. The molecule has 2 aromatic rings. The Morgan fingerprint density at radius 1 is 1.30 bits per heavy atom. The summed E-state index contributed by atoms with van der Waals surface area (Å²) in [6.45, 7) is 3.83. The van der Waals surface area contributed by atoms with Gasteiger partial charge in [0.15, 0.2) is 0 Å². The van der Waals surface area contributed by atoms with Crippen LogP contribution in [-0.2, 0) is 4.79 Å². The third-order valence-corrected chi connectivity index (χ3v) is 3.03. The summed E-state index contributed by atoms with van der Waals surface area (Å²) in [6.07, 6.45) is 1.94. The summed E-state index contributed by atoms with van der Waals surface area (Å²) in [6, 6.07) is 5.89. The van der Waals surface area contributed by atoms with Crippen LogP contribution in [0.1, 0.15) is 30.6 Å². The first-order valence-corrected chi connectivity index (χ1v) is 6.48. The van der Waals surface area contributed by atoms with E-state index in [0.29, 0.717) is 17.6 Å². The predicted molar refractivity (Wildman–Crippen MR) is 74.6 cm³/mol. The molecule has 106 valence electrons. The molecule has 1 unspecified atom stereocenters. The second kappa shape index (κ2) is 5.77. The fourth-order valence-corrected chi connectivity index (χ4v) is 2.04. The molecule has 0 radical (unpaired) electrons. The van der Waals surface area contributed by atoms with Gasteiger partial charge in [0, 0.05) is 10.9 Å². The van der Waals surface area contributed by atoms with Crippen LogP contribution in [0.3, 0.4) is 0 Å². The number of nitrogens with one attached hydrogen (secondary N) is 1. The number of carbonyl (C=O) groups is 2. The van der Waals surface area contributed by atoms with Crippen molar-refractivity contribution in [3.05, 3.63) is 36.1 Å². The minimum absolute atomic E-state index is 0.188. The van der Waals surface area contributed by atoms with E-state index in [-0.39, 0.29) is 11.8 Å². The van der Waals surface area contributed by atoms with Crippen molar-refractivity contribution in [3.63, 3.8) is 0 Å². The van der Waals surface area contributed by atoms with E-state index in [4.69, 9.17) is 9.52 Å². The molecule has 1 heterocycles. The Kier molecular flexibility index (Phi) is 4.08. The van der Waals surface area contributed by atoms with E-state index in [0.717, 1.165) is 5.39 Å². The molecule has 20 heavy (non-hydrogen) atoms. The predicted octanol–water partition coefficient (Wildman–Crippen LogP) is 2.66. The first-order valence-electron chi connectivity index (χ1n) is 6.48. The minimum atomic E-state index is -1.02. The molecule has 1 aromatic carbocycles. The van der Waals surface area contributed by atoms with Gasteiger partial charge < -0.3 is 14.8 Å². The molecule has 0 fully saturated rings. The summed E-state index contributed by atoms with van der Waals surface area (Å²) in [5.74, 6) is -1.22. The first kappa shape index (κ1) is 14.1. The van der Waals surface area contributed by atoms with Gasteiger partial charge in [-0.05, 0) is 36.6 Å². The number of furan rings is 1. The van der Waals surface area contributed by atoms with Crippen molar-refractivity contribution in [2.24, 2.45) is 5.92 Å². The van der Waals surface area contributed by atoms with E-state index in [1.807, 2.05) is 13.8 Å². The van der Waals surface area contributed by atoms with Gasteiger partial charge in [0.25, 0.3) is 5.91 Å². The van der Waals surface area contributed by atoms with Gasteiger partial charge >= 0.3 is 5.97 Å². The quantitative estimate of drug-likeness (QED) is 0.879. The van der Waals surface area contributed by atoms with Crippen LogP contribution in [0.5, 0.6) is 0 Å². The fourth-order valence-electron chi connectivity index (χ4n) is 2.04. The minimum Gasteiger partial charge on any atom is -0.480 e. The van der Waals surface area contributed by atoms with Crippen LogP contribution in [0.25, 0.3) is 11.0 Å². The monoisotopic (exact) mass is 275 g/mol. The van der Waals surface area contributed by atoms with Gasteiger partial charge in [0.1, 0.15) is 11.6 Å². The summed E-state index contributed by atoms with van der Waals surface area (Å²) in [4.78, 5) is 23.2. The normalized spacial score (nSPS) is 12.6. The molecule has 0 aliphatic carbocycles. The largest absolute Gasteiger partial charge is 0.480 e. The van der Waals surface area contributed by atoms with Crippen molar-refractivity contribution in [2.45, 2.75) is 26.3 Å². The topological polar surface area (TPSA) is 79.5 Å². The molecule has 0 saturated heterocycles. The van der Waals surface area contributed by atoms with E-state index in [9.17, 15) is 9.59 Å². The highest BCUT2D eigenvalue weighted by Crippen LogP contribution is 2.17.